The molecule has 0 radical (unpaired) electrons. The minimum absolute atomic E-state index is 0.474. The van der Waals surface area contributed by atoms with Gasteiger partial charge < -0.3 is 19.3 Å². The fraction of sp³-hybridized carbons (Fsp3) is 0.769. The van der Waals surface area contributed by atoms with Crippen molar-refractivity contribution in [1.82, 2.24) is 9.78 Å². The van der Waals surface area contributed by atoms with Gasteiger partial charge in [-0.25, -0.2) is 0 Å². The van der Waals surface area contributed by atoms with Crippen LogP contribution >= 0.6 is 0 Å². The van der Waals surface area contributed by atoms with Crippen LogP contribution in [-0.2, 0) is 22.1 Å². The summed E-state index contributed by atoms with van der Waals surface area (Å²) in [7, 11) is 3.42. The number of methoxy groups -OCH3 is 1. The van der Waals surface area contributed by atoms with Crippen molar-refractivity contribution in [3.05, 3.63) is 11.9 Å². The number of aliphatic hydroxyl groups is 1. The third-order valence-electron chi connectivity index (χ3n) is 4.22. The summed E-state index contributed by atoms with van der Waals surface area (Å²) < 4.78 is 18.4. The van der Waals surface area contributed by atoms with Crippen molar-refractivity contribution in [2.75, 3.05) is 20.3 Å². The van der Waals surface area contributed by atoms with Gasteiger partial charge in [-0.3, -0.25) is 4.68 Å². The summed E-state index contributed by atoms with van der Waals surface area (Å²) in [5, 5.41) is 15.1. The van der Waals surface area contributed by atoms with E-state index in [4.69, 9.17) is 14.2 Å². The van der Waals surface area contributed by atoms with Gasteiger partial charge in [0.1, 0.15) is 11.3 Å². The minimum Gasteiger partial charge on any atom is -0.493 e. The Bertz CT molecular complexity index is 455. The molecule has 0 atom stereocenters. The molecule has 0 amide bonds. The van der Waals surface area contributed by atoms with Crippen LogP contribution in [0.3, 0.4) is 0 Å². The van der Waals surface area contributed by atoms with E-state index in [2.05, 4.69) is 5.10 Å². The lowest BCUT2D eigenvalue weighted by atomic mass is 9.79. The molecule has 0 unspecified atom stereocenters. The van der Waals surface area contributed by atoms with E-state index in [1.165, 1.54) is 0 Å². The van der Waals surface area contributed by atoms with Crippen molar-refractivity contribution in [2.45, 2.75) is 37.1 Å². The summed E-state index contributed by atoms with van der Waals surface area (Å²) in [5.41, 5.74) is -0.181. The Morgan fingerprint density at radius 2 is 1.89 bits per heavy atom. The predicted octanol–water partition coefficient (Wildman–Crippen LogP) is 0.933. The summed E-state index contributed by atoms with van der Waals surface area (Å²) in [6.45, 7) is 1.29. The number of aryl methyl sites for hydroxylation is 1. The number of nitrogens with zero attached hydrogens (tertiary/aromatic N) is 2. The Balaban J connectivity index is 1.83. The lowest BCUT2D eigenvalue weighted by Crippen LogP contribution is -2.43. The lowest BCUT2D eigenvalue weighted by molar-refractivity contribution is -0.205. The number of ether oxygens (including phenoxy) is 3. The molecule has 1 aromatic rings. The Hall–Kier alpha value is -1.11. The summed E-state index contributed by atoms with van der Waals surface area (Å²) in [4.78, 5) is 0. The summed E-state index contributed by atoms with van der Waals surface area (Å²) in [6, 6.07) is 0. The van der Waals surface area contributed by atoms with E-state index < -0.39 is 11.4 Å². The van der Waals surface area contributed by atoms with Crippen LogP contribution in [0.5, 0.6) is 5.75 Å². The van der Waals surface area contributed by atoms with Crippen LogP contribution in [0, 0.1) is 0 Å². The van der Waals surface area contributed by atoms with Gasteiger partial charge >= 0.3 is 0 Å². The normalized spacial score (nSPS) is 24.8. The largest absolute Gasteiger partial charge is 0.493 e. The van der Waals surface area contributed by atoms with Crippen LogP contribution in [0.1, 0.15) is 31.4 Å². The van der Waals surface area contributed by atoms with E-state index in [1.807, 2.05) is 7.05 Å². The van der Waals surface area contributed by atoms with Crippen LogP contribution < -0.4 is 4.74 Å². The first-order valence-corrected chi connectivity index (χ1v) is 6.65. The second kappa shape index (κ2) is 4.47. The Morgan fingerprint density at radius 1 is 1.26 bits per heavy atom. The molecule has 2 fully saturated rings. The van der Waals surface area contributed by atoms with Crippen molar-refractivity contribution in [3.63, 3.8) is 0 Å². The molecule has 19 heavy (non-hydrogen) atoms. The second-order valence-electron chi connectivity index (χ2n) is 5.32. The zero-order valence-electron chi connectivity index (χ0n) is 11.4. The Kier molecular flexibility index (Phi) is 3.03. The van der Waals surface area contributed by atoms with Gasteiger partial charge in [0.15, 0.2) is 11.5 Å². The highest BCUT2D eigenvalue weighted by atomic mass is 16.7. The predicted molar refractivity (Wildman–Crippen MR) is 66.8 cm³/mol. The molecule has 0 aromatic carbocycles. The average Bonchev–Trinajstić information content (AvgIpc) is 3.01. The SMILES string of the molecule is COc1cnn(C)c1C1(O)CCC2(CC1)OCCO2. The molecule has 1 aliphatic carbocycles. The summed E-state index contributed by atoms with van der Waals surface area (Å²) in [5.74, 6) is 0.159. The summed E-state index contributed by atoms with van der Waals surface area (Å²) >= 11 is 0. The zero-order valence-corrected chi connectivity index (χ0v) is 11.4. The molecule has 1 spiro atoms. The Morgan fingerprint density at radius 3 is 2.47 bits per heavy atom. The van der Waals surface area contributed by atoms with Gasteiger partial charge in [0.05, 0.1) is 26.5 Å². The number of aromatic nitrogens is 2. The minimum atomic E-state index is -0.919. The van der Waals surface area contributed by atoms with Crippen LogP contribution in [-0.4, -0.2) is 41.0 Å². The quantitative estimate of drug-likeness (QED) is 0.864. The highest BCUT2D eigenvalue weighted by Gasteiger charge is 2.48. The van der Waals surface area contributed by atoms with Crippen LogP contribution in [0.15, 0.2) is 6.20 Å². The van der Waals surface area contributed by atoms with Gasteiger partial charge in [-0.15, -0.1) is 0 Å². The first kappa shape index (κ1) is 12.9. The van der Waals surface area contributed by atoms with E-state index in [9.17, 15) is 5.11 Å². The van der Waals surface area contributed by atoms with Crippen molar-refractivity contribution in [3.8, 4) is 5.75 Å². The first-order chi connectivity index (χ1) is 9.09. The molecule has 1 saturated carbocycles. The number of hydrogen-bond acceptors (Lipinski definition) is 5. The third-order valence-corrected chi connectivity index (χ3v) is 4.22. The first-order valence-electron chi connectivity index (χ1n) is 6.65. The van der Waals surface area contributed by atoms with E-state index in [-0.39, 0.29) is 0 Å². The number of hydrogen-bond donors (Lipinski definition) is 1. The van der Waals surface area contributed by atoms with E-state index in [0.717, 1.165) is 5.69 Å². The topological polar surface area (TPSA) is 65.7 Å². The molecule has 1 N–H and O–H groups in total. The van der Waals surface area contributed by atoms with E-state index >= 15 is 0 Å². The maximum atomic E-state index is 10.9. The standard InChI is InChI=1S/C13H20N2O4/c1-15-11(10(17-2)9-14-15)12(16)3-5-13(6-4-12)18-7-8-19-13/h9,16H,3-8H2,1-2H3. The Labute approximate surface area is 112 Å². The fourth-order valence-corrected chi connectivity index (χ4v) is 3.16. The van der Waals surface area contributed by atoms with Crippen molar-refractivity contribution < 1.29 is 19.3 Å². The molecule has 0 bridgehead atoms. The molecule has 1 aromatic heterocycles. The van der Waals surface area contributed by atoms with Gasteiger partial charge in [-0.05, 0) is 12.8 Å². The highest BCUT2D eigenvalue weighted by molar-refractivity contribution is 5.31. The molecule has 1 saturated heterocycles. The van der Waals surface area contributed by atoms with Gasteiger partial charge in [0.2, 0.25) is 0 Å². The monoisotopic (exact) mass is 268 g/mol. The smallest absolute Gasteiger partial charge is 0.168 e. The van der Waals surface area contributed by atoms with Crippen molar-refractivity contribution in [2.24, 2.45) is 7.05 Å². The van der Waals surface area contributed by atoms with Gasteiger partial charge in [-0.1, -0.05) is 0 Å². The molecule has 1 aliphatic heterocycles. The zero-order chi connectivity index (χ0) is 13.5. The molecule has 6 heteroatoms. The van der Waals surface area contributed by atoms with Crippen molar-refractivity contribution >= 4 is 0 Å². The second-order valence-corrected chi connectivity index (χ2v) is 5.32. The average molecular weight is 268 g/mol. The lowest BCUT2D eigenvalue weighted by Gasteiger charge is -2.40. The van der Waals surface area contributed by atoms with Gasteiger partial charge in [0.25, 0.3) is 0 Å². The third kappa shape index (κ3) is 2.04. The molecule has 3 rings (SSSR count). The molecule has 6 nitrogen and oxygen atoms in total. The highest BCUT2D eigenvalue weighted by Crippen LogP contribution is 2.46. The summed E-state index contributed by atoms with van der Waals surface area (Å²) in [6.07, 6.45) is 4.20. The van der Waals surface area contributed by atoms with E-state index in [1.54, 1.807) is 18.0 Å². The number of rotatable bonds is 2. The van der Waals surface area contributed by atoms with Crippen molar-refractivity contribution in [1.29, 1.82) is 0 Å². The van der Waals surface area contributed by atoms with Crippen LogP contribution in [0.4, 0.5) is 0 Å². The molecule has 2 aliphatic rings. The fourth-order valence-electron chi connectivity index (χ4n) is 3.16. The van der Waals surface area contributed by atoms with Crippen LogP contribution in [0.25, 0.3) is 0 Å². The molecular weight excluding hydrogens is 248 g/mol. The maximum Gasteiger partial charge on any atom is 0.168 e. The van der Waals surface area contributed by atoms with E-state index in [0.29, 0.717) is 44.6 Å². The van der Waals surface area contributed by atoms with Gasteiger partial charge in [0, 0.05) is 19.9 Å². The van der Waals surface area contributed by atoms with Crippen LogP contribution in [0.2, 0.25) is 0 Å². The molecule has 106 valence electrons. The molecule has 2 heterocycles. The van der Waals surface area contributed by atoms with Gasteiger partial charge in [-0.2, -0.15) is 5.10 Å². The molecular formula is C13H20N2O4. The maximum absolute atomic E-state index is 10.9.